The van der Waals surface area contributed by atoms with Gasteiger partial charge in [-0.25, -0.2) is 27.9 Å². The number of aromatic nitrogens is 4. The van der Waals surface area contributed by atoms with E-state index in [1.54, 1.807) is 13.0 Å². The molecule has 0 aromatic carbocycles. The maximum Gasteiger partial charge on any atom is 0.340 e. The minimum absolute atomic E-state index is 0.0796. The first-order valence-corrected chi connectivity index (χ1v) is 6.93. The average molecular weight is 297 g/mol. The Labute approximate surface area is 114 Å². The van der Waals surface area contributed by atoms with Gasteiger partial charge in [-0.15, -0.1) is 0 Å². The molecule has 0 radical (unpaired) electrons. The summed E-state index contributed by atoms with van der Waals surface area (Å²) in [7, 11) is -4.01. The number of aromatic carboxylic acids is 1. The Hall–Kier alpha value is -2.33. The SMILES string of the molecule is Cc1nccc(CNS(=O)(=O)c2[nH]ncc2C(=O)O)n1. The number of hydrogen-bond donors (Lipinski definition) is 3. The zero-order valence-electron chi connectivity index (χ0n) is 10.4. The van der Waals surface area contributed by atoms with E-state index >= 15 is 0 Å². The molecule has 0 saturated heterocycles. The van der Waals surface area contributed by atoms with Crippen molar-refractivity contribution in [3.05, 3.63) is 35.5 Å². The van der Waals surface area contributed by atoms with E-state index in [-0.39, 0.29) is 6.54 Å². The average Bonchev–Trinajstić information content (AvgIpc) is 2.87. The molecule has 0 aliphatic heterocycles. The highest BCUT2D eigenvalue weighted by Gasteiger charge is 2.24. The van der Waals surface area contributed by atoms with Gasteiger partial charge in [0.2, 0.25) is 0 Å². The summed E-state index contributed by atoms with van der Waals surface area (Å²) in [6.45, 7) is 1.60. The molecule has 0 amide bonds. The lowest BCUT2D eigenvalue weighted by atomic mass is 10.4. The quantitative estimate of drug-likeness (QED) is 0.687. The molecule has 0 unspecified atom stereocenters. The first-order valence-electron chi connectivity index (χ1n) is 5.45. The molecule has 10 heteroatoms. The van der Waals surface area contributed by atoms with Crippen LogP contribution >= 0.6 is 0 Å². The molecule has 2 aromatic rings. The smallest absolute Gasteiger partial charge is 0.340 e. The van der Waals surface area contributed by atoms with Crippen LogP contribution in [0.25, 0.3) is 0 Å². The van der Waals surface area contributed by atoms with E-state index in [1.165, 1.54) is 6.20 Å². The highest BCUT2D eigenvalue weighted by atomic mass is 32.2. The Balaban J connectivity index is 2.19. The summed E-state index contributed by atoms with van der Waals surface area (Å²) in [6.07, 6.45) is 2.44. The van der Waals surface area contributed by atoms with Crippen LogP contribution in [0.15, 0.2) is 23.5 Å². The lowest BCUT2D eigenvalue weighted by Crippen LogP contribution is -2.25. The van der Waals surface area contributed by atoms with Gasteiger partial charge >= 0.3 is 5.97 Å². The molecule has 2 rings (SSSR count). The molecular formula is C10H11N5O4S. The summed E-state index contributed by atoms with van der Waals surface area (Å²) in [5.41, 5.74) is 0.0498. The second kappa shape index (κ2) is 5.35. The van der Waals surface area contributed by atoms with Crippen LogP contribution in [0.5, 0.6) is 0 Å². The van der Waals surface area contributed by atoms with Gasteiger partial charge in [-0.3, -0.25) is 5.10 Å². The summed E-state index contributed by atoms with van der Waals surface area (Å²) >= 11 is 0. The molecule has 106 valence electrons. The van der Waals surface area contributed by atoms with Crippen LogP contribution in [0.1, 0.15) is 21.9 Å². The Kier molecular flexibility index (Phi) is 3.77. The second-order valence-corrected chi connectivity index (χ2v) is 5.54. The minimum Gasteiger partial charge on any atom is -0.478 e. The fourth-order valence-electron chi connectivity index (χ4n) is 1.48. The number of nitrogens with zero attached hydrogens (tertiary/aromatic N) is 3. The van der Waals surface area contributed by atoms with Gasteiger partial charge in [-0.1, -0.05) is 0 Å². The van der Waals surface area contributed by atoms with Crippen LogP contribution in [0.2, 0.25) is 0 Å². The van der Waals surface area contributed by atoms with E-state index < -0.39 is 26.6 Å². The van der Waals surface area contributed by atoms with Gasteiger partial charge in [0.05, 0.1) is 18.4 Å². The van der Waals surface area contributed by atoms with Gasteiger partial charge in [0.1, 0.15) is 11.4 Å². The molecule has 9 nitrogen and oxygen atoms in total. The van der Waals surface area contributed by atoms with Gasteiger partial charge < -0.3 is 5.11 Å². The van der Waals surface area contributed by atoms with Gasteiger partial charge in [-0.2, -0.15) is 5.10 Å². The zero-order chi connectivity index (χ0) is 14.8. The van der Waals surface area contributed by atoms with Gasteiger partial charge in [-0.05, 0) is 13.0 Å². The minimum atomic E-state index is -4.01. The third kappa shape index (κ3) is 2.97. The molecule has 0 spiro atoms. The topological polar surface area (TPSA) is 138 Å². The van der Waals surface area contributed by atoms with Gasteiger partial charge in [0, 0.05) is 6.20 Å². The summed E-state index contributed by atoms with van der Waals surface area (Å²) in [4.78, 5) is 18.8. The molecule has 0 bridgehead atoms. The third-order valence-corrected chi connectivity index (χ3v) is 3.75. The Morgan fingerprint density at radius 1 is 1.50 bits per heavy atom. The Bertz CT molecular complexity index is 740. The first kappa shape index (κ1) is 14.1. The van der Waals surface area contributed by atoms with Crippen molar-refractivity contribution < 1.29 is 18.3 Å². The van der Waals surface area contributed by atoms with E-state index in [1.807, 2.05) is 0 Å². The van der Waals surface area contributed by atoms with Crippen molar-refractivity contribution in [3.63, 3.8) is 0 Å². The lowest BCUT2D eigenvalue weighted by Gasteiger charge is -2.05. The Morgan fingerprint density at radius 3 is 2.90 bits per heavy atom. The molecule has 0 aliphatic rings. The van der Waals surface area contributed by atoms with Crippen molar-refractivity contribution in [1.82, 2.24) is 24.9 Å². The van der Waals surface area contributed by atoms with Crippen LogP contribution in [0, 0.1) is 6.92 Å². The molecule has 2 heterocycles. The van der Waals surface area contributed by atoms with E-state index in [0.29, 0.717) is 11.5 Å². The fourth-order valence-corrected chi connectivity index (χ4v) is 2.56. The van der Waals surface area contributed by atoms with E-state index in [4.69, 9.17) is 5.11 Å². The predicted molar refractivity (Wildman–Crippen MR) is 66.3 cm³/mol. The molecule has 0 fully saturated rings. The van der Waals surface area contributed by atoms with Crippen molar-refractivity contribution in [2.45, 2.75) is 18.5 Å². The maximum absolute atomic E-state index is 12.0. The van der Waals surface area contributed by atoms with Crippen LogP contribution in [0.3, 0.4) is 0 Å². The maximum atomic E-state index is 12.0. The van der Waals surface area contributed by atoms with E-state index in [9.17, 15) is 13.2 Å². The number of H-pyrrole nitrogens is 1. The summed E-state index contributed by atoms with van der Waals surface area (Å²) in [5.74, 6) is -0.869. The number of aryl methyl sites for hydroxylation is 1. The van der Waals surface area contributed by atoms with Crippen molar-refractivity contribution in [1.29, 1.82) is 0 Å². The number of sulfonamides is 1. The van der Waals surface area contributed by atoms with E-state index in [2.05, 4.69) is 24.9 Å². The normalized spacial score (nSPS) is 11.4. The van der Waals surface area contributed by atoms with Crippen molar-refractivity contribution in [3.8, 4) is 0 Å². The number of nitrogens with one attached hydrogen (secondary N) is 2. The molecule has 3 N–H and O–H groups in total. The van der Waals surface area contributed by atoms with Crippen LogP contribution in [-0.2, 0) is 16.6 Å². The first-order chi connectivity index (χ1) is 9.40. The number of carboxylic acids is 1. The number of carboxylic acid groups (broad SMARTS) is 1. The Morgan fingerprint density at radius 2 is 2.25 bits per heavy atom. The van der Waals surface area contributed by atoms with Crippen LogP contribution < -0.4 is 4.72 Å². The van der Waals surface area contributed by atoms with Crippen LogP contribution in [-0.4, -0.2) is 39.7 Å². The summed E-state index contributed by atoms with van der Waals surface area (Å²) in [6, 6.07) is 1.56. The largest absolute Gasteiger partial charge is 0.478 e. The lowest BCUT2D eigenvalue weighted by molar-refractivity contribution is 0.0692. The van der Waals surface area contributed by atoms with Crippen molar-refractivity contribution in [2.75, 3.05) is 0 Å². The third-order valence-electron chi connectivity index (χ3n) is 2.38. The zero-order valence-corrected chi connectivity index (χ0v) is 11.2. The number of rotatable bonds is 5. The van der Waals surface area contributed by atoms with Crippen molar-refractivity contribution >= 4 is 16.0 Å². The highest BCUT2D eigenvalue weighted by Crippen LogP contribution is 2.11. The standard InChI is InChI=1S/C10H11N5O4S/c1-6-11-3-2-7(14-6)4-13-20(18,19)9-8(10(16)17)5-12-15-9/h2-3,5,13H,4H2,1H3,(H,12,15)(H,16,17). The van der Waals surface area contributed by atoms with Crippen molar-refractivity contribution in [2.24, 2.45) is 0 Å². The highest BCUT2D eigenvalue weighted by molar-refractivity contribution is 7.89. The van der Waals surface area contributed by atoms with Crippen LogP contribution in [0.4, 0.5) is 0 Å². The second-order valence-electron chi connectivity index (χ2n) is 3.84. The van der Waals surface area contributed by atoms with Gasteiger partial charge in [0.25, 0.3) is 10.0 Å². The number of hydrogen-bond acceptors (Lipinski definition) is 6. The predicted octanol–water partition coefficient (Wildman–Crippen LogP) is -0.315. The number of aromatic amines is 1. The fraction of sp³-hybridized carbons (Fsp3) is 0.200. The monoisotopic (exact) mass is 297 g/mol. The number of carbonyl (C=O) groups is 1. The van der Waals surface area contributed by atoms with Gasteiger partial charge in [0.15, 0.2) is 5.03 Å². The molecule has 0 saturated carbocycles. The molecule has 0 aliphatic carbocycles. The molecule has 20 heavy (non-hydrogen) atoms. The molecule has 0 atom stereocenters. The van der Waals surface area contributed by atoms with E-state index in [0.717, 1.165) is 6.20 Å². The molecule has 2 aromatic heterocycles. The summed E-state index contributed by atoms with van der Waals surface area (Å²) in [5, 5.41) is 14.0. The molecular weight excluding hydrogens is 286 g/mol. The summed E-state index contributed by atoms with van der Waals surface area (Å²) < 4.78 is 26.2.